The summed E-state index contributed by atoms with van der Waals surface area (Å²) in [4.78, 5) is 14.0. The molecule has 1 aromatic carbocycles. The van der Waals surface area contributed by atoms with Gasteiger partial charge in [0, 0.05) is 13.6 Å². The molecule has 0 saturated carbocycles. The van der Waals surface area contributed by atoms with E-state index in [1.165, 1.54) is 0 Å². The molecule has 0 unspecified atom stereocenters. The van der Waals surface area contributed by atoms with Gasteiger partial charge in [0.05, 0.1) is 11.0 Å². The minimum absolute atomic E-state index is 0.130. The van der Waals surface area contributed by atoms with Gasteiger partial charge in [-0.25, -0.2) is 10.3 Å². The lowest BCUT2D eigenvalue weighted by Gasteiger charge is -1.99. The van der Waals surface area contributed by atoms with Crippen LogP contribution in [0.3, 0.4) is 0 Å². The standard InChI is InChI=1S/C9H11N3O2/c1-12-8-3-2-6(5-10-14)4-7(8)11-9(12)13/h2-4,10,14H,5H2,1H3,(H,11,13). The summed E-state index contributed by atoms with van der Waals surface area (Å²) in [6, 6.07) is 5.54. The van der Waals surface area contributed by atoms with Gasteiger partial charge in [-0.1, -0.05) is 6.07 Å². The van der Waals surface area contributed by atoms with Crippen molar-refractivity contribution in [3.05, 3.63) is 34.2 Å². The second-order valence-electron chi connectivity index (χ2n) is 3.18. The number of benzene rings is 1. The van der Waals surface area contributed by atoms with Gasteiger partial charge in [-0.15, -0.1) is 0 Å². The number of fused-ring (bicyclic) bond motifs is 1. The van der Waals surface area contributed by atoms with Gasteiger partial charge in [-0.3, -0.25) is 4.57 Å². The number of hydrogen-bond acceptors (Lipinski definition) is 3. The van der Waals surface area contributed by atoms with Crippen LogP contribution in [0.1, 0.15) is 5.56 Å². The zero-order valence-corrected chi connectivity index (χ0v) is 7.74. The smallest absolute Gasteiger partial charge is 0.316 e. The zero-order chi connectivity index (χ0) is 10.1. The maximum atomic E-state index is 11.2. The lowest BCUT2D eigenvalue weighted by molar-refractivity contribution is 0.161. The third-order valence-corrected chi connectivity index (χ3v) is 2.25. The normalized spacial score (nSPS) is 11.0. The Morgan fingerprint density at radius 1 is 1.57 bits per heavy atom. The number of aromatic nitrogens is 2. The van der Waals surface area contributed by atoms with Crippen LogP contribution in [0.5, 0.6) is 0 Å². The number of rotatable bonds is 2. The number of nitrogens with zero attached hydrogens (tertiary/aromatic N) is 1. The molecule has 1 heterocycles. The van der Waals surface area contributed by atoms with Gasteiger partial charge in [0.2, 0.25) is 0 Å². The van der Waals surface area contributed by atoms with Crippen molar-refractivity contribution < 1.29 is 5.21 Å². The molecule has 0 fully saturated rings. The fraction of sp³-hybridized carbons (Fsp3) is 0.222. The molecule has 5 nitrogen and oxygen atoms in total. The molecule has 2 rings (SSSR count). The Hall–Kier alpha value is -1.59. The van der Waals surface area contributed by atoms with Crippen molar-refractivity contribution in [2.75, 3.05) is 0 Å². The van der Waals surface area contributed by atoms with Gasteiger partial charge in [0.15, 0.2) is 0 Å². The topological polar surface area (TPSA) is 70.0 Å². The highest BCUT2D eigenvalue weighted by Crippen LogP contribution is 2.11. The summed E-state index contributed by atoms with van der Waals surface area (Å²) < 4.78 is 1.55. The van der Waals surface area contributed by atoms with Crippen molar-refractivity contribution in [3.63, 3.8) is 0 Å². The number of hydroxylamine groups is 1. The summed E-state index contributed by atoms with van der Waals surface area (Å²) in [6.45, 7) is 0.368. The predicted octanol–water partition coefficient (Wildman–Crippen LogP) is 0.345. The monoisotopic (exact) mass is 193 g/mol. The van der Waals surface area contributed by atoms with E-state index in [0.29, 0.717) is 6.54 Å². The fourth-order valence-electron chi connectivity index (χ4n) is 1.49. The predicted molar refractivity (Wildman–Crippen MR) is 52.2 cm³/mol. The molecule has 0 atom stereocenters. The minimum Gasteiger partial charge on any atom is -0.316 e. The van der Waals surface area contributed by atoms with Crippen LogP contribution in [0.2, 0.25) is 0 Å². The van der Waals surface area contributed by atoms with Crippen LogP contribution < -0.4 is 11.2 Å². The first-order chi connectivity index (χ1) is 6.72. The van der Waals surface area contributed by atoms with Gasteiger partial charge in [-0.2, -0.15) is 0 Å². The van der Waals surface area contributed by atoms with Crippen molar-refractivity contribution >= 4 is 11.0 Å². The van der Waals surface area contributed by atoms with Crippen molar-refractivity contribution in [3.8, 4) is 0 Å². The molecule has 14 heavy (non-hydrogen) atoms. The average molecular weight is 193 g/mol. The molecule has 3 N–H and O–H groups in total. The molecule has 0 saturated heterocycles. The van der Waals surface area contributed by atoms with E-state index in [0.717, 1.165) is 16.6 Å². The Balaban J connectivity index is 2.61. The summed E-state index contributed by atoms with van der Waals surface area (Å²) in [5, 5.41) is 8.52. The van der Waals surface area contributed by atoms with Crippen LogP contribution in [0.25, 0.3) is 11.0 Å². The molecule has 2 aromatic rings. The van der Waals surface area contributed by atoms with Gasteiger partial charge in [-0.05, 0) is 17.7 Å². The molecular formula is C9H11N3O2. The third-order valence-electron chi connectivity index (χ3n) is 2.25. The van der Waals surface area contributed by atoms with E-state index in [2.05, 4.69) is 10.5 Å². The first-order valence-electron chi connectivity index (χ1n) is 4.27. The first kappa shape index (κ1) is 8.98. The number of aromatic amines is 1. The zero-order valence-electron chi connectivity index (χ0n) is 7.74. The molecule has 0 aliphatic carbocycles. The third kappa shape index (κ3) is 1.32. The van der Waals surface area contributed by atoms with Crippen molar-refractivity contribution in [2.45, 2.75) is 6.54 Å². The molecule has 0 aliphatic heterocycles. The Kier molecular flexibility index (Phi) is 2.11. The van der Waals surface area contributed by atoms with Crippen LogP contribution in [0.4, 0.5) is 0 Å². The van der Waals surface area contributed by atoms with Gasteiger partial charge in [0.1, 0.15) is 0 Å². The van der Waals surface area contributed by atoms with Crippen molar-refractivity contribution in [1.29, 1.82) is 0 Å². The Labute approximate surface area is 79.9 Å². The van der Waals surface area contributed by atoms with E-state index in [4.69, 9.17) is 5.21 Å². The number of nitrogens with one attached hydrogen (secondary N) is 2. The van der Waals surface area contributed by atoms with E-state index in [1.54, 1.807) is 11.6 Å². The Morgan fingerprint density at radius 2 is 2.36 bits per heavy atom. The SMILES string of the molecule is Cn1c(=O)[nH]c2cc(CNO)ccc21. The average Bonchev–Trinajstić information content (AvgIpc) is 2.43. The first-order valence-corrected chi connectivity index (χ1v) is 4.27. The molecule has 0 radical (unpaired) electrons. The molecule has 5 heteroatoms. The Bertz CT molecular complexity index is 512. The second kappa shape index (κ2) is 3.28. The highest BCUT2D eigenvalue weighted by molar-refractivity contribution is 5.75. The minimum atomic E-state index is -0.130. The van der Waals surface area contributed by atoms with E-state index in [1.807, 2.05) is 18.2 Å². The molecule has 74 valence electrons. The molecule has 0 spiro atoms. The lowest BCUT2D eigenvalue weighted by Crippen LogP contribution is -2.11. The molecule has 1 aromatic heterocycles. The highest BCUT2D eigenvalue weighted by atomic mass is 16.5. The number of H-pyrrole nitrogens is 1. The van der Waals surface area contributed by atoms with E-state index >= 15 is 0 Å². The molecular weight excluding hydrogens is 182 g/mol. The summed E-state index contributed by atoms with van der Waals surface area (Å²) in [7, 11) is 1.71. The second-order valence-corrected chi connectivity index (χ2v) is 3.18. The van der Waals surface area contributed by atoms with Crippen LogP contribution in [0.15, 0.2) is 23.0 Å². The van der Waals surface area contributed by atoms with Crippen molar-refractivity contribution in [1.82, 2.24) is 15.0 Å². The van der Waals surface area contributed by atoms with E-state index < -0.39 is 0 Å². The highest BCUT2D eigenvalue weighted by Gasteiger charge is 2.02. The lowest BCUT2D eigenvalue weighted by atomic mass is 10.2. The molecule has 0 bridgehead atoms. The van der Waals surface area contributed by atoms with Gasteiger partial charge < -0.3 is 10.2 Å². The summed E-state index contributed by atoms with van der Waals surface area (Å²) in [6.07, 6.45) is 0. The molecule has 0 amide bonds. The summed E-state index contributed by atoms with van der Waals surface area (Å²) in [5.74, 6) is 0. The largest absolute Gasteiger partial charge is 0.326 e. The van der Waals surface area contributed by atoms with Crippen LogP contribution >= 0.6 is 0 Å². The Morgan fingerprint density at radius 3 is 3.07 bits per heavy atom. The maximum absolute atomic E-state index is 11.2. The fourth-order valence-corrected chi connectivity index (χ4v) is 1.49. The van der Waals surface area contributed by atoms with Crippen LogP contribution in [-0.4, -0.2) is 14.8 Å². The van der Waals surface area contributed by atoms with Gasteiger partial charge in [0.25, 0.3) is 0 Å². The van der Waals surface area contributed by atoms with Crippen LogP contribution in [0, 0.1) is 0 Å². The van der Waals surface area contributed by atoms with Crippen LogP contribution in [-0.2, 0) is 13.6 Å². The van der Waals surface area contributed by atoms with Gasteiger partial charge >= 0.3 is 5.69 Å². The number of imidazole rings is 1. The number of hydrogen-bond donors (Lipinski definition) is 3. The molecule has 0 aliphatic rings. The van der Waals surface area contributed by atoms with E-state index in [-0.39, 0.29) is 5.69 Å². The summed E-state index contributed by atoms with van der Waals surface area (Å²) in [5.41, 5.74) is 4.50. The summed E-state index contributed by atoms with van der Waals surface area (Å²) >= 11 is 0. The van der Waals surface area contributed by atoms with Crippen molar-refractivity contribution in [2.24, 2.45) is 7.05 Å². The quantitative estimate of drug-likeness (QED) is 0.602. The number of aryl methyl sites for hydroxylation is 1. The van der Waals surface area contributed by atoms with E-state index in [9.17, 15) is 4.79 Å². The maximum Gasteiger partial charge on any atom is 0.326 e.